The second kappa shape index (κ2) is 6.64. The molecule has 1 amide bonds. The van der Waals surface area contributed by atoms with Crippen molar-refractivity contribution in [3.63, 3.8) is 0 Å². The van der Waals surface area contributed by atoms with Gasteiger partial charge in [-0.3, -0.25) is 9.89 Å². The fourth-order valence-corrected chi connectivity index (χ4v) is 3.88. The summed E-state index contributed by atoms with van der Waals surface area (Å²) in [5.74, 6) is 2.46. The quantitative estimate of drug-likeness (QED) is 0.740. The molecule has 0 radical (unpaired) electrons. The van der Waals surface area contributed by atoms with Gasteiger partial charge in [0.05, 0.1) is 12.9 Å². The van der Waals surface area contributed by atoms with Crippen molar-refractivity contribution in [2.45, 2.75) is 44.2 Å². The maximum atomic E-state index is 12.5. The second-order valence-electron chi connectivity index (χ2n) is 7.35. The van der Waals surface area contributed by atoms with E-state index in [1.807, 2.05) is 22.0 Å². The largest absolute Gasteiger partial charge is 0.337 e. The molecule has 1 N–H and O–H groups in total. The van der Waals surface area contributed by atoms with Gasteiger partial charge in [0, 0.05) is 43.6 Å². The predicted octanol–water partition coefficient (Wildman–Crippen LogP) is 1.60. The van der Waals surface area contributed by atoms with Crippen LogP contribution in [0.2, 0.25) is 0 Å². The van der Waals surface area contributed by atoms with E-state index in [1.165, 1.54) is 12.8 Å². The number of likely N-dealkylation sites (tertiary alicyclic amines) is 1. The van der Waals surface area contributed by atoms with Gasteiger partial charge in [-0.2, -0.15) is 5.10 Å². The molecule has 0 atom stereocenters. The third kappa shape index (κ3) is 3.13. The van der Waals surface area contributed by atoms with Crippen LogP contribution in [-0.2, 0) is 6.54 Å². The summed E-state index contributed by atoms with van der Waals surface area (Å²) in [6.45, 7) is 2.16. The molecule has 3 aromatic rings. The minimum absolute atomic E-state index is 0.0235. The number of amides is 1. The third-order valence-corrected chi connectivity index (χ3v) is 5.47. The fraction of sp³-hybridized carbons (Fsp3) is 0.500. The van der Waals surface area contributed by atoms with Crippen LogP contribution < -0.4 is 0 Å². The number of piperidine rings is 1. The molecule has 0 unspecified atom stereocenters. The zero-order valence-corrected chi connectivity index (χ0v) is 15.0. The van der Waals surface area contributed by atoms with Crippen molar-refractivity contribution < 1.29 is 4.79 Å². The molecular formula is C18H22N8O. The van der Waals surface area contributed by atoms with Crippen LogP contribution in [0.15, 0.2) is 31.0 Å². The van der Waals surface area contributed by atoms with Gasteiger partial charge in [0.1, 0.15) is 11.5 Å². The van der Waals surface area contributed by atoms with Gasteiger partial charge in [0.2, 0.25) is 0 Å². The highest BCUT2D eigenvalue weighted by molar-refractivity contribution is 5.92. The van der Waals surface area contributed by atoms with E-state index >= 15 is 0 Å². The van der Waals surface area contributed by atoms with Crippen molar-refractivity contribution >= 4 is 5.91 Å². The molecule has 0 aromatic carbocycles. The molecule has 2 fully saturated rings. The highest BCUT2D eigenvalue weighted by Crippen LogP contribution is 2.40. The summed E-state index contributed by atoms with van der Waals surface area (Å²) in [5.41, 5.74) is 0.553. The van der Waals surface area contributed by atoms with Crippen molar-refractivity contribution in [2.75, 3.05) is 13.1 Å². The van der Waals surface area contributed by atoms with Crippen LogP contribution in [0.5, 0.6) is 0 Å². The lowest BCUT2D eigenvalue weighted by Crippen LogP contribution is -2.38. The predicted molar refractivity (Wildman–Crippen MR) is 96.1 cm³/mol. The molecule has 9 nitrogen and oxygen atoms in total. The Bertz CT molecular complexity index is 901. The van der Waals surface area contributed by atoms with Crippen LogP contribution in [0.3, 0.4) is 0 Å². The normalized spacial score (nSPS) is 18.1. The van der Waals surface area contributed by atoms with E-state index in [4.69, 9.17) is 0 Å². The maximum Gasteiger partial charge on any atom is 0.271 e. The van der Waals surface area contributed by atoms with Gasteiger partial charge < -0.3 is 14.0 Å². The molecule has 1 aliphatic heterocycles. The molecule has 3 aromatic heterocycles. The molecule has 9 heteroatoms. The second-order valence-corrected chi connectivity index (χ2v) is 7.35. The van der Waals surface area contributed by atoms with Crippen molar-refractivity contribution in [2.24, 2.45) is 0 Å². The maximum absolute atomic E-state index is 12.5. The van der Waals surface area contributed by atoms with E-state index in [1.54, 1.807) is 18.5 Å². The molecular weight excluding hydrogens is 344 g/mol. The van der Waals surface area contributed by atoms with E-state index in [9.17, 15) is 4.79 Å². The molecule has 1 saturated carbocycles. The third-order valence-electron chi connectivity index (χ3n) is 5.47. The molecule has 1 aliphatic carbocycles. The number of H-pyrrole nitrogens is 1. The summed E-state index contributed by atoms with van der Waals surface area (Å²) in [6, 6.07) is 2.25. The molecule has 0 spiro atoms. The van der Waals surface area contributed by atoms with Crippen LogP contribution in [0.25, 0.3) is 0 Å². The van der Waals surface area contributed by atoms with E-state index in [-0.39, 0.29) is 5.91 Å². The monoisotopic (exact) mass is 366 g/mol. The van der Waals surface area contributed by atoms with Gasteiger partial charge in [-0.25, -0.2) is 4.98 Å². The molecule has 5 rings (SSSR count). The van der Waals surface area contributed by atoms with Gasteiger partial charge in [-0.05, 0) is 31.7 Å². The van der Waals surface area contributed by atoms with Crippen molar-refractivity contribution in [3.8, 4) is 0 Å². The summed E-state index contributed by atoms with van der Waals surface area (Å²) >= 11 is 0. The number of aromatic nitrogens is 7. The number of hydrogen-bond acceptors (Lipinski definition) is 5. The summed E-state index contributed by atoms with van der Waals surface area (Å²) in [7, 11) is 0. The van der Waals surface area contributed by atoms with Crippen molar-refractivity contribution in [3.05, 3.63) is 48.3 Å². The molecule has 1 saturated heterocycles. The van der Waals surface area contributed by atoms with Crippen molar-refractivity contribution in [1.82, 2.24) is 39.4 Å². The Balaban J connectivity index is 1.31. The number of carbonyl (C=O) groups excluding carboxylic acids is 1. The van der Waals surface area contributed by atoms with E-state index < -0.39 is 0 Å². The molecule has 0 bridgehead atoms. The van der Waals surface area contributed by atoms with Crippen LogP contribution in [0, 0.1) is 0 Å². The van der Waals surface area contributed by atoms with Crippen LogP contribution in [0.4, 0.5) is 0 Å². The van der Waals surface area contributed by atoms with E-state index in [0.29, 0.717) is 24.2 Å². The highest BCUT2D eigenvalue weighted by atomic mass is 16.2. The van der Waals surface area contributed by atoms with Gasteiger partial charge in [-0.1, -0.05) is 0 Å². The van der Waals surface area contributed by atoms with Crippen LogP contribution >= 0.6 is 0 Å². The Morgan fingerprint density at radius 2 is 2.00 bits per heavy atom. The molecule has 2 aliphatic rings. The zero-order chi connectivity index (χ0) is 18.2. The zero-order valence-electron chi connectivity index (χ0n) is 15.0. The van der Waals surface area contributed by atoms with Gasteiger partial charge in [-0.15, -0.1) is 10.2 Å². The van der Waals surface area contributed by atoms with Gasteiger partial charge >= 0.3 is 0 Å². The lowest BCUT2D eigenvalue weighted by Gasteiger charge is -2.31. The number of carbonyl (C=O) groups is 1. The Kier molecular flexibility index (Phi) is 3.99. The number of hydrogen-bond donors (Lipinski definition) is 1. The summed E-state index contributed by atoms with van der Waals surface area (Å²) in [5, 5.41) is 15.7. The van der Waals surface area contributed by atoms with Gasteiger partial charge in [0.25, 0.3) is 5.91 Å². The number of rotatable bonds is 5. The first-order chi connectivity index (χ1) is 13.3. The number of imidazole rings is 1. The lowest BCUT2D eigenvalue weighted by molar-refractivity contribution is 0.0704. The Morgan fingerprint density at radius 1 is 1.15 bits per heavy atom. The summed E-state index contributed by atoms with van der Waals surface area (Å²) < 4.78 is 4.37. The van der Waals surface area contributed by atoms with Crippen LogP contribution in [-0.4, -0.2) is 58.4 Å². The number of aromatic amines is 1. The Morgan fingerprint density at radius 3 is 2.67 bits per heavy atom. The summed E-state index contributed by atoms with van der Waals surface area (Å²) in [4.78, 5) is 18.5. The summed E-state index contributed by atoms with van der Waals surface area (Å²) in [6.07, 6.45) is 11.4. The van der Waals surface area contributed by atoms with Gasteiger partial charge in [0.15, 0.2) is 5.82 Å². The molecule has 27 heavy (non-hydrogen) atoms. The van der Waals surface area contributed by atoms with Crippen molar-refractivity contribution in [1.29, 1.82) is 0 Å². The number of nitrogens with zero attached hydrogens (tertiary/aromatic N) is 7. The minimum atomic E-state index is 0.0235. The smallest absolute Gasteiger partial charge is 0.271 e. The minimum Gasteiger partial charge on any atom is -0.337 e. The first kappa shape index (κ1) is 16.2. The van der Waals surface area contributed by atoms with Crippen LogP contribution in [0.1, 0.15) is 59.8 Å². The number of nitrogens with one attached hydrogen (secondary N) is 1. The Labute approximate surface area is 156 Å². The molecule has 140 valence electrons. The van der Waals surface area contributed by atoms with E-state index in [2.05, 4.69) is 29.9 Å². The highest BCUT2D eigenvalue weighted by Gasteiger charge is 2.34. The first-order valence-electron chi connectivity index (χ1n) is 9.47. The SMILES string of the molecule is O=C(c1ccn[nH]1)N1CCC(c2nnc(Cn3ccnc3)n2C2CC2)CC1. The standard InChI is InChI=1S/C18H22N8O/c27-18(15-3-6-20-21-15)25-8-4-13(5-9-25)17-23-22-16(26(17)14-1-2-14)11-24-10-7-19-12-24/h3,6-7,10,12-14H,1-2,4-5,8-9,11H2,(H,20,21). The average molecular weight is 366 g/mol. The fourth-order valence-electron chi connectivity index (χ4n) is 3.88. The van der Waals surface area contributed by atoms with E-state index in [0.717, 1.165) is 37.6 Å². The lowest BCUT2D eigenvalue weighted by atomic mass is 9.95. The first-order valence-corrected chi connectivity index (χ1v) is 9.47. The average Bonchev–Trinajstić information content (AvgIpc) is 3.12. The Hall–Kier alpha value is -2.97. The molecule has 4 heterocycles. The topological polar surface area (TPSA) is 97.5 Å².